The van der Waals surface area contributed by atoms with Gasteiger partial charge in [-0.05, 0) is 42.7 Å². The van der Waals surface area contributed by atoms with Crippen molar-refractivity contribution in [2.45, 2.75) is 12.8 Å². The third-order valence-corrected chi connectivity index (χ3v) is 3.02. The van der Waals surface area contributed by atoms with Crippen LogP contribution in [0.1, 0.15) is 12.0 Å². The average molecular weight is 298 g/mol. The van der Waals surface area contributed by atoms with Crippen LogP contribution in [0.4, 0.5) is 22.0 Å². The molecule has 0 radical (unpaired) electrons. The zero-order chi connectivity index (χ0) is 15.4. The van der Waals surface area contributed by atoms with E-state index >= 15 is 0 Å². The lowest BCUT2D eigenvalue weighted by atomic mass is 10.0. The Labute approximate surface area is 118 Å². The molecule has 0 N–H and O–H groups in total. The molecule has 0 nitrogen and oxygen atoms in total. The van der Waals surface area contributed by atoms with Crippen molar-refractivity contribution in [3.63, 3.8) is 0 Å². The highest BCUT2D eigenvalue weighted by Crippen LogP contribution is 2.27. The number of halogens is 5. The van der Waals surface area contributed by atoms with Crippen molar-refractivity contribution >= 4 is 0 Å². The van der Waals surface area contributed by atoms with Gasteiger partial charge in [0.1, 0.15) is 17.5 Å². The summed E-state index contributed by atoms with van der Waals surface area (Å²) in [4.78, 5) is 0. The predicted molar refractivity (Wildman–Crippen MR) is 70.4 cm³/mol. The predicted octanol–water partition coefficient (Wildman–Crippen LogP) is 5.48. The molecule has 0 atom stereocenters. The number of hydrogen-bond donors (Lipinski definition) is 0. The molecular weight excluding hydrogens is 287 g/mol. The van der Waals surface area contributed by atoms with Crippen molar-refractivity contribution < 1.29 is 22.0 Å². The van der Waals surface area contributed by atoms with Crippen molar-refractivity contribution in [3.8, 4) is 11.1 Å². The molecule has 2 aromatic carbocycles. The van der Waals surface area contributed by atoms with Gasteiger partial charge in [0.15, 0.2) is 0 Å². The zero-order valence-electron chi connectivity index (χ0n) is 10.8. The van der Waals surface area contributed by atoms with Crippen LogP contribution in [0.25, 0.3) is 11.1 Å². The highest BCUT2D eigenvalue weighted by atomic mass is 19.3. The molecule has 0 unspecified atom stereocenters. The van der Waals surface area contributed by atoms with Crippen LogP contribution in [0.3, 0.4) is 0 Å². The van der Waals surface area contributed by atoms with E-state index in [4.69, 9.17) is 0 Å². The summed E-state index contributed by atoms with van der Waals surface area (Å²) in [5.41, 5.74) is -0.136. The topological polar surface area (TPSA) is 0 Å². The van der Waals surface area contributed by atoms with Gasteiger partial charge < -0.3 is 0 Å². The van der Waals surface area contributed by atoms with Crippen LogP contribution in [-0.2, 0) is 6.42 Å². The maximum absolute atomic E-state index is 13.9. The number of benzene rings is 2. The van der Waals surface area contributed by atoms with Crippen LogP contribution in [0.2, 0.25) is 0 Å². The number of rotatable bonds is 4. The van der Waals surface area contributed by atoms with Crippen LogP contribution < -0.4 is 0 Å². The van der Waals surface area contributed by atoms with Gasteiger partial charge in [-0.1, -0.05) is 18.2 Å². The Kier molecular flexibility index (Phi) is 4.73. The molecule has 0 aromatic heterocycles. The number of allylic oxidation sites excluding steroid dienone is 1. The Morgan fingerprint density at radius 3 is 2.10 bits per heavy atom. The minimum absolute atomic E-state index is 0.0686. The smallest absolute Gasteiger partial charge is 0.207 e. The van der Waals surface area contributed by atoms with Crippen LogP contribution in [0.15, 0.2) is 48.6 Å². The number of hydrogen-bond acceptors (Lipinski definition) is 0. The lowest BCUT2D eigenvalue weighted by molar-refractivity contribution is 0.417. The second kappa shape index (κ2) is 6.52. The van der Waals surface area contributed by atoms with Gasteiger partial charge in [-0.3, -0.25) is 0 Å². The first-order valence-corrected chi connectivity index (χ1v) is 6.23. The van der Waals surface area contributed by atoms with Gasteiger partial charge in [-0.15, -0.1) is 0 Å². The van der Waals surface area contributed by atoms with E-state index in [1.807, 2.05) is 0 Å². The van der Waals surface area contributed by atoms with Crippen molar-refractivity contribution in [1.29, 1.82) is 0 Å². The summed E-state index contributed by atoms with van der Waals surface area (Å²) in [5, 5.41) is 0. The van der Waals surface area contributed by atoms with Gasteiger partial charge in [0, 0.05) is 11.1 Å². The van der Waals surface area contributed by atoms with E-state index < -0.39 is 23.5 Å². The third kappa shape index (κ3) is 3.68. The first-order chi connectivity index (χ1) is 9.99. The minimum Gasteiger partial charge on any atom is -0.207 e. The summed E-state index contributed by atoms with van der Waals surface area (Å²) in [6.07, 6.45) is -1.65. The molecular formula is C16H11F5. The summed E-state index contributed by atoms with van der Waals surface area (Å²) in [6.45, 7) is 0. The summed E-state index contributed by atoms with van der Waals surface area (Å²) < 4.78 is 65.2. The van der Waals surface area contributed by atoms with Gasteiger partial charge in [-0.25, -0.2) is 13.2 Å². The SMILES string of the molecule is FC(F)=CCCc1c(F)cc(-c2ccccc2F)cc1F. The fourth-order valence-electron chi connectivity index (χ4n) is 2.02. The molecule has 2 aromatic rings. The molecule has 0 aliphatic heterocycles. The molecule has 0 saturated heterocycles. The van der Waals surface area contributed by atoms with Gasteiger partial charge in [0.2, 0.25) is 0 Å². The fraction of sp³-hybridized carbons (Fsp3) is 0.125. The van der Waals surface area contributed by atoms with Gasteiger partial charge in [0.25, 0.3) is 6.08 Å². The second-order valence-corrected chi connectivity index (χ2v) is 4.43. The van der Waals surface area contributed by atoms with Crippen molar-refractivity contribution in [1.82, 2.24) is 0 Å². The zero-order valence-corrected chi connectivity index (χ0v) is 10.8. The fourth-order valence-corrected chi connectivity index (χ4v) is 2.02. The monoisotopic (exact) mass is 298 g/mol. The molecule has 5 heteroatoms. The standard InChI is InChI=1S/C16H11F5/c17-13-6-2-1-4-11(13)10-8-14(18)12(15(19)9-10)5-3-7-16(20)21/h1-2,4,6-9H,3,5H2. The van der Waals surface area contributed by atoms with E-state index in [9.17, 15) is 22.0 Å². The highest BCUT2D eigenvalue weighted by molar-refractivity contribution is 5.64. The summed E-state index contributed by atoms with van der Waals surface area (Å²) >= 11 is 0. The largest absolute Gasteiger partial charge is 0.266 e. The van der Waals surface area contributed by atoms with E-state index in [1.165, 1.54) is 18.2 Å². The lowest BCUT2D eigenvalue weighted by Crippen LogP contribution is -1.97. The minimum atomic E-state index is -1.89. The first-order valence-electron chi connectivity index (χ1n) is 6.23. The van der Waals surface area contributed by atoms with Gasteiger partial charge >= 0.3 is 0 Å². The molecule has 0 aliphatic carbocycles. The first kappa shape index (κ1) is 15.2. The average Bonchev–Trinajstić information content (AvgIpc) is 2.42. The van der Waals surface area contributed by atoms with E-state index in [1.54, 1.807) is 6.07 Å². The van der Waals surface area contributed by atoms with Crippen LogP contribution >= 0.6 is 0 Å². The summed E-state index contributed by atoms with van der Waals surface area (Å²) in [6, 6.07) is 7.63. The van der Waals surface area contributed by atoms with Crippen LogP contribution in [-0.4, -0.2) is 0 Å². The Morgan fingerprint density at radius 1 is 0.905 bits per heavy atom. The van der Waals surface area contributed by atoms with Crippen molar-refractivity contribution in [3.05, 3.63) is 71.6 Å². The van der Waals surface area contributed by atoms with Gasteiger partial charge in [0.05, 0.1) is 0 Å². The Bertz CT molecular complexity index is 649. The summed E-state index contributed by atoms with van der Waals surface area (Å²) in [5.74, 6) is -2.34. The van der Waals surface area contributed by atoms with E-state index in [2.05, 4.69) is 0 Å². The molecule has 0 spiro atoms. The molecule has 0 fully saturated rings. The molecule has 21 heavy (non-hydrogen) atoms. The maximum atomic E-state index is 13.9. The van der Waals surface area contributed by atoms with Crippen molar-refractivity contribution in [2.24, 2.45) is 0 Å². The quantitative estimate of drug-likeness (QED) is 0.655. The van der Waals surface area contributed by atoms with Crippen LogP contribution in [0, 0.1) is 17.5 Å². The van der Waals surface area contributed by atoms with Gasteiger partial charge in [-0.2, -0.15) is 8.78 Å². The Morgan fingerprint density at radius 2 is 1.52 bits per heavy atom. The molecule has 0 saturated carbocycles. The van der Waals surface area contributed by atoms with E-state index in [0.29, 0.717) is 6.08 Å². The second-order valence-electron chi connectivity index (χ2n) is 4.43. The Hall–Kier alpha value is -2.17. The van der Waals surface area contributed by atoms with Crippen LogP contribution in [0.5, 0.6) is 0 Å². The molecule has 0 bridgehead atoms. The van der Waals surface area contributed by atoms with E-state index in [-0.39, 0.29) is 29.5 Å². The molecule has 110 valence electrons. The summed E-state index contributed by atoms with van der Waals surface area (Å²) in [7, 11) is 0. The maximum Gasteiger partial charge on any atom is 0.266 e. The lowest BCUT2D eigenvalue weighted by Gasteiger charge is -2.08. The Balaban J connectivity index is 2.33. The highest BCUT2D eigenvalue weighted by Gasteiger charge is 2.13. The van der Waals surface area contributed by atoms with Crippen molar-refractivity contribution in [2.75, 3.05) is 0 Å². The molecule has 0 amide bonds. The molecule has 0 heterocycles. The molecule has 2 rings (SSSR count). The third-order valence-electron chi connectivity index (χ3n) is 3.02. The normalized spacial score (nSPS) is 10.5. The molecule has 0 aliphatic rings. The van der Waals surface area contributed by atoms with E-state index in [0.717, 1.165) is 12.1 Å².